The van der Waals surface area contributed by atoms with Gasteiger partial charge < -0.3 is 5.73 Å². The van der Waals surface area contributed by atoms with Gasteiger partial charge in [0.25, 0.3) is 0 Å². The number of rotatable bonds is 3. The lowest BCUT2D eigenvalue weighted by Gasteiger charge is -2.09. The monoisotopic (exact) mass is 293 g/mol. The van der Waals surface area contributed by atoms with E-state index in [1.165, 1.54) is 0 Å². The molecule has 0 saturated heterocycles. The summed E-state index contributed by atoms with van der Waals surface area (Å²) in [7, 11) is 0. The van der Waals surface area contributed by atoms with Gasteiger partial charge in [0.1, 0.15) is 0 Å². The first-order chi connectivity index (χ1) is 10.6. The van der Waals surface area contributed by atoms with Gasteiger partial charge in [0, 0.05) is 11.1 Å². The zero-order chi connectivity index (χ0) is 15.7. The van der Waals surface area contributed by atoms with Crippen LogP contribution in [-0.2, 0) is 0 Å². The summed E-state index contributed by atoms with van der Waals surface area (Å²) in [5, 5.41) is 4.45. The van der Waals surface area contributed by atoms with Crippen LogP contribution >= 0.6 is 0 Å². The second kappa shape index (κ2) is 5.40. The van der Waals surface area contributed by atoms with Gasteiger partial charge in [-0.1, -0.05) is 18.2 Å². The van der Waals surface area contributed by atoms with Crippen molar-refractivity contribution in [1.82, 2.24) is 19.7 Å². The molecule has 1 aromatic carbocycles. The van der Waals surface area contributed by atoms with Gasteiger partial charge in [0.05, 0.1) is 29.5 Å². The number of primary amides is 1. The molecule has 3 rings (SSSR count). The van der Waals surface area contributed by atoms with E-state index in [1.807, 2.05) is 32.0 Å². The minimum atomic E-state index is -0.476. The molecule has 0 aliphatic carbocycles. The van der Waals surface area contributed by atoms with E-state index in [1.54, 1.807) is 29.2 Å². The molecular formula is C16H15N5O. The number of aromatic nitrogens is 4. The third-order valence-electron chi connectivity index (χ3n) is 3.28. The molecule has 0 fully saturated rings. The van der Waals surface area contributed by atoms with Crippen LogP contribution in [0.2, 0.25) is 0 Å². The molecule has 2 heterocycles. The molecule has 3 aromatic rings. The summed E-state index contributed by atoms with van der Waals surface area (Å²) in [4.78, 5) is 20.2. The van der Waals surface area contributed by atoms with Gasteiger partial charge in [-0.15, -0.1) is 0 Å². The van der Waals surface area contributed by atoms with Crippen LogP contribution in [0.3, 0.4) is 0 Å². The van der Waals surface area contributed by atoms with Crippen molar-refractivity contribution in [3.05, 3.63) is 59.7 Å². The maximum absolute atomic E-state index is 11.7. The Kier molecular flexibility index (Phi) is 3.42. The number of nitrogens with two attached hydrogens (primary N) is 1. The van der Waals surface area contributed by atoms with E-state index in [9.17, 15) is 4.79 Å². The summed E-state index contributed by atoms with van der Waals surface area (Å²) in [5.41, 5.74) is 9.04. The molecule has 0 aliphatic rings. The summed E-state index contributed by atoms with van der Waals surface area (Å²) in [5.74, 6) is 0.115. The maximum Gasteiger partial charge on any atom is 0.249 e. The van der Waals surface area contributed by atoms with Gasteiger partial charge in [-0.05, 0) is 26.0 Å². The molecule has 0 spiro atoms. The van der Waals surface area contributed by atoms with Crippen molar-refractivity contribution in [2.75, 3.05) is 0 Å². The first-order valence-electron chi connectivity index (χ1n) is 6.81. The fourth-order valence-corrected chi connectivity index (χ4v) is 2.28. The predicted octanol–water partition coefficient (Wildman–Crippen LogP) is 2.05. The van der Waals surface area contributed by atoms with Crippen molar-refractivity contribution in [3.63, 3.8) is 0 Å². The Morgan fingerprint density at radius 3 is 2.55 bits per heavy atom. The first kappa shape index (κ1) is 13.9. The van der Waals surface area contributed by atoms with Gasteiger partial charge >= 0.3 is 0 Å². The van der Waals surface area contributed by atoms with E-state index in [0.29, 0.717) is 11.4 Å². The Morgan fingerprint density at radius 2 is 1.86 bits per heavy atom. The minimum absolute atomic E-state index is 0.448. The standard InChI is InChI=1S/C16H15N5O/c1-10-7-14(12-5-3-4-6-13(12)16(17)22)21(20-10)15-9-18-11(2)8-19-15/h3-9H,1-2H3,(H2,17,22). The molecule has 110 valence electrons. The molecule has 0 unspecified atom stereocenters. The molecule has 22 heavy (non-hydrogen) atoms. The molecule has 0 aliphatic heterocycles. The Bertz CT molecular complexity index is 836. The van der Waals surface area contributed by atoms with Crippen LogP contribution in [0.4, 0.5) is 0 Å². The molecule has 0 saturated carbocycles. The van der Waals surface area contributed by atoms with E-state index in [-0.39, 0.29) is 0 Å². The van der Waals surface area contributed by atoms with E-state index in [4.69, 9.17) is 5.73 Å². The fourth-order valence-electron chi connectivity index (χ4n) is 2.28. The fraction of sp³-hybridized carbons (Fsp3) is 0.125. The van der Waals surface area contributed by atoms with Crippen molar-refractivity contribution in [3.8, 4) is 17.1 Å². The maximum atomic E-state index is 11.7. The SMILES string of the molecule is Cc1cnc(-n2nc(C)cc2-c2ccccc2C(N)=O)cn1. The topological polar surface area (TPSA) is 86.7 Å². The van der Waals surface area contributed by atoms with Crippen LogP contribution in [0, 0.1) is 13.8 Å². The molecule has 0 radical (unpaired) electrons. The van der Waals surface area contributed by atoms with Crippen molar-refractivity contribution < 1.29 is 4.79 Å². The number of aryl methyl sites for hydroxylation is 2. The van der Waals surface area contributed by atoms with Crippen molar-refractivity contribution in [2.45, 2.75) is 13.8 Å². The minimum Gasteiger partial charge on any atom is -0.366 e. The zero-order valence-electron chi connectivity index (χ0n) is 12.3. The highest BCUT2D eigenvalue weighted by molar-refractivity contribution is 5.99. The third kappa shape index (κ3) is 2.46. The number of carbonyl (C=O) groups excluding carboxylic acids is 1. The average Bonchev–Trinajstić information content (AvgIpc) is 2.90. The van der Waals surface area contributed by atoms with Crippen LogP contribution in [-0.4, -0.2) is 25.7 Å². The number of benzene rings is 1. The molecular weight excluding hydrogens is 278 g/mol. The normalized spacial score (nSPS) is 10.6. The summed E-state index contributed by atoms with van der Waals surface area (Å²) in [6.45, 7) is 3.75. The van der Waals surface area contributed by atoms with Crippen molar-refractivity contribution in [2.24, 2.45) is 5.73 Å². The highest BCUT2D eigenvalue weighted by Gasteiger charge is 2.16. The number of carbonyl (C=O) groups is 1. The van der Waals surface area contributed by atoms with Gasteiger partial charge in [0.2, 0.25) is 5.91 Å². The highest BCUT2D eigenvalue weighted by atomic mass is 16.1. The molecule has 2 aromatic heterocycles. The van der Waals surface area contributed by atoms with Crippen molar-refractivity contribution >= 4 is 5.91 Å². The predicted molar refractivity (Wildman–Crippen MR) is 82.6 cm³/mol. The Morgan fingerprint density at radius 1 is 1.09 bits per heavy atom. The van der Waals surface area contributed by atoms with Crippen LogP contribution in [0.1, 0.15) is 21.7 Å². The second-order valence-electron chi connectivity index (χ2n) is 5.01. The highest BCUT2D eigenvalue weighted by Crippen LogP contribution is 2.26. The van der Waals surface area contributed by atoms with Crippen molar-refractivity contribution in [1.29, 1.82) is 0 Å². The molecule has 1 amide bonds. The molecule has 6 nitrogen and oxygen atoms in total. The first-order valence-corrected chi connectivity index (χ1v) is 6.81. The largest absolute Gasteiger partial charge is 0.366 e. The lowest BCUT2D eigenvalue weighted by Crippen LogP contribution is -2.13. The smallest absolute Gasteiger partial charge is 0.249 e. The number of hydrogen-bond donors (Lipinski definition) is 1. The quantitative estimate of drug-likeness (QED) is 0.800. The van der Waals surface area contributed by atoms with Gasteiger partial charge in [0.15, 0.2) is 5.82 Å². The number of hydrogen-bond acceptors (Lipinski definition) is 4. The van der Waals surface area contributed by atoms with Crippen LogP contribution < -0.4 is 5.73 Å². The zero-order valence-corrected chi connectivity index (χ0v) is 12.3. The number of amides is 1. The Labute approximate surface area is 127 Å². The summed E-state index contributed by atoms with van der Waals surface area (Å²) < 4.78 is 1.67. The van der Waals surface area contributed by atoms with Crippen LogP contribution in [0.25, 0.3) is 17.1 Å². The molecule has 0 bridgehead atoms. The number of nitrogens with zero attached hydrogens (tertiary/aromatic N) is 4. The van der Waals surface area contributed by atoms with E-state index < -0.39 is 5.91 Å². The summed E-state index contributed by atoms with van der Waals surface area (Å²) >= 11 is 0. The van der Waals surface area contributed by atoms with Gasteiger partial charge in [-0.2, -0.15) is 5.10 Å². The van der Waals surface area contributed by atoms with Gasteiger partial charge in [-0.3, -0.25) is 9.78 Å². The summed E-state index contributed by atoms with van der Waals surface area (Å²) in [6.07, 6.45) is 3.33. The van der Waals surface area contributed by atoms with E-state index >= 15 is 0 Å². The van der Waals surface area contributed by atoms with E-state index in [0.717, 1.165) is 22.6 Å². The lowest BCUT2D eigenvalue weighted by molar-refractivity contribution is 0.100. The van der Waals surface area contributed by atoms with Crippen LogP contribution in [0.5, 0.6) is 0 Å². The average molecular weight is 293 g/mol. The summed E-state index contributed by atoms with van der Waals surface area (Å²) in [6, 6.07) is 9.07. The van der Waals surface area contributed by atoms with Crippen LogP contribution in [0.15, 0.2) is 42.7 Å². The van der Waals surface area contributed by atoms with E-state index in [2.05, 4.69) is 15.1 Å². The molecule has 6 heteroatoms. The third-order valence-corrected chi connectivity index (χ3v) is 3.28. The Hall–Kier alpha value is -3.02. The second-order valence-corrected chi connectivity index (χ2v) is 5.01. The lowest BCUT2D eigenvalue weighted by atomic mass is 10.0. The Balaban J connectivity index is 2.21. The molecule has 0 atom stereocenters. The van der Waals surface area contributed by atoms with Gasteiger partial charge in [-0.25, -0.2) is 9.67 Å². The molecule has 2 N–H and O–H groups in total.